The number of hydrogen-bond acceptors (Lipinski definition) is 6. The van der Waals surface area contributed by atoms with Crippen LogP contribution in [0, 0.1) is 5.92 Å². The molecule has 9 heteroatoms. The summed E-state index contributed by atoms with van der Waals surface area (Å²) in [4.78, 5) is 34.7. The Kier molecular flexibility index (Phi) is 12.7. The fourth-order valence-corrected chi connectivity index (χ4v) is 2.25. The summed E-state index contributed by atoms with van der Waals surface area (Å²) in [5.74, 6) is -1.42. The molecule has 3 atom stereocenters. The number of allylic oxidation sites excluding steroid dienone is 1. The van der Waals surface area contributed by atoms with Crippen LogP contribution >= 0.6 is 0 Å². The third-order valence-corrected chi connectivity index (χ3v) is 4.09. The molecule has 1 unspecified atom stereocenters. The Labute approximate surface area is 172 Å². The number of aliphatic carboxylic acids is 1. The van der Waals surface area contributed by atoms with Gasteiger partial charge in [0.2, 0.25) is 5.91 Å². The van der Waals surface area contributed by atoms with Gasteiger partial charge in [0.25, 0.3) is 0 Å². The molecule has 29 heavy (non-hydrogen) atoms. The van der Waals surface area contributed by atoms with E-state index in [1.807, 2.05) is 13.8 Å². The van der Waals surface area contributed by atoms with Gasteiger partial charge in [0, 0.05) is 19.4 Å². The number of amides is 2. The first-order chi connectivity index (χ1) is 13.5. The molecule has 0 aliphatic heterocycles. The van der Waals surface area contributed by atoms with Crippen molar-refractivity contribution >= 4 is 18.0 Å². The molecule has 0 aliphatic carbocycles. The molecule has 0 aliphatic rings. The lowest BCUT2D eigenvalue weighted by atomic mass is 10.0. The molecule has 0 aromatic heterocycles. The van der Waals surface area contributed by atoms with Crippen LogP contribution in [-0.4, -0.2) is 59.1 Å². The number of nitrogens with one attached hydrogen (secondary N) is 2. The molecule has 9 nitrogen and oxygen atoms in total. The fourth-order valence-electron chi connectivity index (χ4n) is 2.25. The van der Waals surface area contributed by atoms with E-state index < -0.39 is 29.6 Å². The molecule has 0 aromatic rings. The Balaban J connectivity index is 4.35. The van der Waals surface area contributed by atoms with Gasteiger partial charge in [0.05, 0.1) is 12.3 Å². The number of carboxylic acids is 1. The summed E-state index contributed by atoms with van der Waals surface area (Å²) in [6, 6.07) is -1.32. The molecule has 0 saturated carbocycles. The smallest absolute Gasteiger partial charge is 0.408 e. The van der Waals surface area contributed by atoms with E-state index >= 15 is 0 Å². The first-order valence-corrected chi connectivity index (χ1v) is 9.89. The zero-order chi connectivity index (χ0) is 22.4. The van der Waals surface area contributed by atoms with Gasteiger partial charge in [-0.25, -0.2) is 9.59 Å². The van der Waals surface area contributed by atoms with Crippen molar-refractivity contribution in [1.82, 2.24) is 10.6 Å². The molecule has 2 amide bonds. The van der Waals surface area contributed by atoms with Gasteiger partial charge < -0.3 is 30.3 Å². The van der Waals surface area contributed by atoms with E-state index in [2.05, 4.69) is 10.6 Å². The van der Waals surface area contributed by atoms with Crippen molar-refractivity contribution in [2.45, 2.75) is 78.0 Å². The molecule has 0 radical (unpaired) electrons. The highest BCUT2D eigenvalue weighted by atomic mass is 16.6. The molecule has 0 saturated heterocycles. The average Bonchev–Trinajstić information content (AvgIpc) is 2.60. The summed E-state index contributed by atoms with van der Waals surface area (Å²) in [5, 5.41) is 22.9. The minimum Gasteiger partial charge on any atom is -0.499 e. The van der Waals surface area contributed by atoms with Gasteiger partial charge in [0.15, 0.2) is 0 Å². The van der Waals surface area contributed by atoms with Crippen LogP contribution in [0.3, 0.4) is 0 Å². The molecule has 0 bridgehead atoms. The quantitative estimate of drug-likeness (QED) is 0.338. The van der Waals surface area contributed by atoms with Crippen molar-refractivity contribution in [3.63, 3.8) is 0 Å². The van der Waals surface area contributed by atoms with Crippen molar-refractivity contribution < 1.29 is 34.1 Å². The lowest BCUT2D eigenvalue weighted by Gasteiger charge is -2.26. The highest BCUT2D eigenvalue weighted by Gasteiger charge is 2.23. The minimum atomic E-state index is -1.18. The lowest BCUT2D eigenvalue weighted by Crippen LogP contribution is -2.44. The topological polar surface area (TPSA) is 134 Å². The van der Waals surface area contributed by atoms with Gasteiger partial charge in [-0.2, -0.15) is 0 Å². The van der Waals surface area contributed by atoms with Crippen LogP contribution in [0.4, 0.5) is 4.79 Å². The van der Waals surface area contributed by atoms with E-state index in [-0.39, 0.29) is 38.0 Å². The number of rotatable bonds is 13. The number of aliphatic hydroxyl groups is 1. The molecule has 0 fully saturated rings. The SMILES string of the molecule is CC[C@H](C)C(COC=CCCC(=O)N[C@@H](CCO)C(=O)O)NC(=O)OC(C)(C)C. The van der Waals surface area contributed by atoms with Crippen LogP contribution in [0.2, 0.25) is 0 Å². The predicted molar refractivity (Wildman–Crippen MR) is 108 cm³/mol. The van der Waals surface area contributed by atoms with Gasteiger partial charge in [-0.15, -0.1) is 0 Å². The standard InChI is InChI=1S/C20H36N2O7/c1-6-14(2)16(22-19(27)29-20(3,4)5)13-28-12-8-7-9-17(24)21-15(10-11-23)18(25)26/h8,12,14-16,23H,6-7,9-11,13H2,1-5H3,(H,21,24)(H,22,27)(H,25,26)/t14-,15-,16?/m0/s1. The zero-order valence-corrected chi connectivity index (χ0v) is 18.1. The van der Waals surface area contributed by atoms with Crippen LogP contribution in [0.1, 0.15) is 60.3 Å². The number of carbonyl (C=O) groups is 3. The van der Waals surface area contributed by atoms with Crippen molar-refractivity contribution in [2.75, 3.05) is 13.2 Å². The molecule has 4 N–H and O–H groups in total. The highest BCUT2D eigenvalue weighted by Crippen LogP contribution is 2.11. The van der Waals surface area contributed by atoms with E-state index in [0.29, 0.717) is 6.42 Å². The summed E-state index contributed by atoms with van der Waals surface area (Å²) < 4.78 is 10.8. The maximum atomic E-state index is 12.0. The lowest BCUT2D eigenvalue weighted by molar-refractivity contribution is -0.142. The maximum Gasteiger partial charge on any atom is 0.408 e. The average molecular weight is 417 g/mol. The largest absolute Gasteiger partial charge is 0.499 e. The monoisotopic (exact) mass is 416 g/mol. The highest BCUT2D eigenvalue weighted by molar-refractivity contribution is 5.83. The predicted octanol–water partition coefficient (Wildman–Crippen LogP) is 2.19. The Hall–Kier alpha value is -2.29. The molecular formula is C20H36N2O7. The summed E-state index contributed by atoms with van der Waals surface area (Å²) in [7, 11) is 0. The third kappa shape index (κ3) is 13.5. The van der Waals surface area contributed by atoms with Crippen LogP contribution in [0.5, 0.6) is 0 Å². The van der Waals surface area contributed by atoms with E-state index in [1.165, 1.54) is 6.26 Å². The Morgan fingerprint density at radius 3 is 2.34 bits per heavy atom. The van der Waals surface area contributed by atoms with Crippen molar-refractivity contribution in [1.29, 1.82) is 0 Å². The molecular weight excluding hydrogens is 380 g/mol. The minimum absolute atomic E-state index is 0.0400. The summed E-state index contributed by atoms with van der Waals surface area (Å²) in [5.41, 5.74) is -0.581. The van der Waals surface area contributed by atoms with Crippen LogP contribution in [0.25, 0.3) is 0 Å². The Morgan fingerprint density at radius 2 is 1.83 bits per heavy atom. The van der Waals surface area contributed by atoms with Crippen molar-refractivity contribution in [3.8, 4) is 0 Å². The van der Waals surface area contributed by atoms with Crippen molar-refractivity contribution in [2.24, 2.45) is 5.92 Å². The second-order valence-electron chi connectivity index (χ2n) is 7.85. The van der Waals surface area contributed by atoms with Gasteiger partial charge in [-0.3, -0.25) is 4.79 Å². The number of aliphatic hydroxyl groups excluding tert-OH is 1. The molecule has 168 valence electrons. The Morgan fingerprint density at radius 1 is 1.17 bits per heavy atom. The third-order valence-electron chi connectivity index (χ3n) is 4.09. The van der Waals surface area contributed by atoms with Gasteiger partial charge >= 0.3 is 12.1 Å². The number of ether oxygens (including phenoxy) is 2. The molecule has 0 rings (SSSR count). The van der Waals surface area contributed by atoms with E-state index in [9.17, 15) is 14.4 Å². The number of carboxylic acid groups (broad SMARTS) is 1. The van der Waals surface area contributed by atoms with Gasteiger partial charge in [0.1, 0.15) is 18.2 Å². The molecule has 0 spiro atoms. The Bertz CT molecular complexity index is 543. The van der Waals surface area contributed by atoms with Gasteiger partial charge in [-0.05, 0) is 39.2 Å². The van der Waals surface area contributed by atoms with E-state index in [1.54, 1.807) is 26.8 Å². The second kappa shape index (κ2) is 13.8. The van der Waals surface area contributed by atoms with Crippen LogP contribution < -0.4 is 10.6 Å². The van der Waals surface area contributed by atoms with E-state index in [0.717, 1.165) is 6.42 Å². The molecule has 0 aromatic carbocycles. The van der Waals surface area contributed by atoms with Gasteiger partial charge in [-0.1, -0.05) is 20.3 Å². The summed E-state index contributed by atoms with van der Waals surface area (Å²) >= 11 is 0. The first-order valence-electron chi connectivity index (χ1n) is 9.89. The summed E-state index contributed by atoms with van der Waals surface area (Å²) in [6.45, 7) is 9.34. The van der Waals surface area contributed by atoms with Crippen LogP contribution in [0.15, 0.2) is 12.3 Å². The normalized spacial score (nSPS) is 14.7. The number of carbonyl (C=O) groups excluding carboxylic acids is 2. The fraction of sp³-hybridized carbons (Fsp3) is 0.750. The first kappa shape index (κ1) is 26.7. The van der Waals surface area contributed by atoms with Crippen molar-refractivity contribution in [3.05, 3.63) is 12.3 Å². The second-order valence-corrected chi connectivity index (χ2v) is 7.85. The number of hydrogen-bond donors (Lipinski definition) is 4. The van der Waals surface area contributed by atoms with E-state index in [4.69, 9.17) is 19.7 Å². The summed E-state index contributed by atoms with van der Waals surface area (Å²) in [6.07, 6.45) is 3.89. The maximum absolute atomic E-state index is 12.0. The number of alkyl carbamates (subject to hydrolysis) is 1. The van der Waals surface area contributed by atoms with Crippen LogP contribution in [-0.2, 0) is 19.1 Å². The zero-order valence-electron chi connectivity index (χ0n) is 18.1. The molecule has 0 heterocycles.